The summed E-state index contributed by atoms with van der Waals surface area (Å²) in [6.45, 7) is 4.42. The summed E-state index contributed by atoms with van der Waals surface area (Å²) in [6, 6.07) is 24.7. The Balaban J connectivity index is 1.26. The number of benzene rings is 3. The van der Waals surface area contributed by atoms with Gasteiger partial charge in [0.25, 0.3) is 5.91 Å². The summed E-state index contributed by atoms with van der Waals surface area (Å²) in [4.78, 5) is 16.3. The number of nitrogens with one attached hydrogen (secondary N) is 1. The molecule has 0 saturated carbocycles. The maximum absolute atomic E-state index is 12.8. The highest BCUT2D eigenvalue weighted by atomic mass is 16.3. The number of hydrogen-bond acceptors (Lipinski definition) is 2. The van der Waals surface area contributed by atoms with Crippen LogP contribution in [-0.2, 0) is 6.54 Å². The molecule has 0 bridgehead atoms. The van der Waals surface area contributed by atoms with E-state index in [4.69, 9.17) is 4.42 Å². The predicted octanol–water partition coefficient (Wildman–Crippen LogP) is 3.13. The van der Waals surface area contributed by atoms with Gasteiger partial charge in [0.05, 0.1) is 26.2 Å². The first-order valence-electron chi connectivity index (χ1n) is 9.86. The van der Waals surface area contributed by atoms with Gasteiger partial charge in [0.1, 0.15) is 12.1 Å². The molecule has 0 aliphatic carbocycles. The minimum absolute atomic E-state index is 0.000380. The first kappa shape index (κ1) is 17.0. The SMILES string of the molecule is O=C(c1cc2ccccc2o1)N1CC[NH+](Cc2cccc3ccccc23)CC1. The first-order valence-corrected chi connectivity index (χ1v) is 9.86. The molecular weight excluding hydrogens is 348 g/mol. The van der Waals surface area contributed by atoms with Gasteiger partial charge in [-0.3, -0.25) is 4.79 Å². The Bertz CT molecular complexity index is 1100. The molecule has 0 spiro atoms. The van der Waals surface area contributed by atoms with Gasteiger partial charge in [0, 0.05) is 10.9 Å². The topological polar surface area (TPSA) is 37.9 Å². The van der Waals surface area contributed by atoms with Gasteiger partial charge in [-0.2, -0.15) is 0 Å². The van der Waals surface area contributed by atoms with E-state index < -0.39 is 0 Å². The molecule has 1 aromatic heterocycles. The van der Waals surface area contributed by atoms with E-state index in [1.165, 1.54) is 21.2 Å². The molecule has 5 rings (SSSR count). The lowest BCUT2D eigenvalue weighted by atomic mass is 10.0. The monoisotopic (exact) mass is 371 g/mol. The Morgan fingerprint density at radius 1 is 0.893 bits per heavy atom. The molecule has 4 nitrogen and oxygen atoms in total. The molecule has 0 unspecified atom stereocenters. The molecule has 0 atom stereocenters. The van der Waals surface area contributed by atoms with Crippen LogP contribution in [0.15, 0.2) is 77.2 Å². The molecule has 3 aromatic carbocycles. The number of carbonyl (C=O) groups is 1. The highest BCUT2D eigenvalue weighted by Gasteiger charge is 2.26. The number of nitrogens with zero attached hydrogens (tertiary/aromatic N) is 1. The van der Waals surface area contributed by atoms with E-state index in [2.05, 4.69) is 42.5 Å². The van der Waals surface area contributed by atoms with Gasteiger partial charge in [0.15, 0.2) is 5.76 Å². The van der Waals surface area contributed by atoms with Crippen LogP contribution in [-0.4, -0.2) is 37.0 Å². The van der Waals surface area contributed by atoms with Crippen LogP contribution < -0.4 is 4.90 Å². The van der Waals surface area contributed by atoms with Crippen molar-refractivity contribution in [3.63, 3.8) is 0 Å². The molecule has 1 amide bonds. The molecule has 1 fully saturated rings. The Morgan fingerprint density at radius 3 is 2.43 bits per heavy atom. The van der Waals surface area contributed by atoms with Crippen molar-refractivity contribution in [3.8, 4) is 0 Å². The van der Waals surface area contributed by atoms with Crippen LogP contribution in [0.25, 0.3) is 21.7 Å². The van der Waals surface area contributed by atoms with Crippen molar-refractivity contribution < 1.29 is 14.1 Å². The Hall–Kier alpha value is -3.11. The van der Waals surface area contributed by atoms with Crippen molar-refractivity contribution in [2.75, 3.05) is 26.2 Å². The highest BCUT2D eigenvalue weighted by Crippen LogP contribution is 2.20. The fourth-order valence-corrected chi connectivity index (χ4v) is 4.16. The van der Waals surface area contributed by atoms with Gasteiger partial charge in [-0.25, -0.2) is 0 Å². The maximum atomic E-state index is 12.8. The Labute approximate surface area is 164 Å². The molecular formula is C24H23N2O2+. The molecule has 1 aliphatic heterocycles. The van der Waals surface area contributed by atoms with E-state index in [1.54, 1.807) is 0 Å². The van der Waals surface area contributed by atoms with Gasteiger partial charge in [0.2, 0.25) is 0 Å². The number of furan rings is 1. The van der Waals surface area contributed by atoms with E-state index in [1.807, 2.05) is 35.2 Å². The molecule has 0 radical (unpaired) electrons. The summed E-state index contributed by atoms with van der Waals surface area (Å²) in [5, 5.41) is 3.60. The number of para-hydroxylation sites is 1. The average Bonchev–Trinajstić information content (AvgIpc) is 3.18. The predicted molar refractivity (Wildman–Crippen MR) is 110 cm³/mol. The lowest BCUT2D eigenvalue weighted by molar-refractivity contribution is -0.917. The van der Waals surface area contributed by atoms with Crippen molar-refractivity contribution in [1.82, 2.24) is 4.90 Å². The van der Waals surface area contributed by atoms with Crippen molar-refractivity contribution in [2.24, 2.45) is 0 Å². The standard InChI is InChI=1S/C24H22N2O2/c27-24(23-16-19-7-2-4-11-22(19)28-23)26-14-12-25(13-15-26)17-20-9-5-8-18-6-1-3-10-21(18)20/h1-11,16H,12-15,17H2/p+1. The van der Waals surface area contributed by atoms with Crippen LogP contribution >= 0.6 is 0 Å². The van der Waals surface area contributed by atoms with E-state index in [9.17, 15) is 4.79 Å². The van der Waals surface area contributed by atoms with Crippen LogP contribution in [0.3, 0.4) is 0 Å². The third-order valence-corrected chi connectivity index (χ3v) is 5.71. The summed E-state index contributed by atoms with van der Waals surface area (Å²) in [6.07, 6.45) is 0. The zero-order valence-corrected chi connectivity index (χ0v) is 15.7. The zero-order valence-electron chi connectivity index (χ0n) is 15.7. The van der Waals surface area contributed by atoms with Gasteiger partial charge >= 0.3 is 0 Å². The quantitative estimate of drug-likeness (QED) is 0.601. The Kier molecular flexibility index (Phi) is 4.34. The Morgan fingerprint density at radius 2 is 1.61 bits per heavy atom. The van der Waals surface area contributed by atoms with Gasteiger partial charge < -0.3 is 14.2 Å². The summed E-state index contributed by atoms with van der Waals surface area (Å²) in [7, 11) is 0. The summed E-state index contributed by atoms with van der Waals surface area (Å²) < 4.78 is 5.76. The van der Waals surface area contributed by atoms with Gasteiger partial charge in [-0.1, -0.05) is 60.7 Å². The van der Waals surface area contributed by atoms with Crippen molar-refractivity contribution in [3.05, 3.63) is 84.1 Å². The molecule has 2 heterocycles. The average molecular weight is 371 g/mol. The third kappa shape index (κ3) is 3.16. The van der Waals surface area contributed by atoms with Crippen LogP contribution in [0.1, 0.15) is 16.1 Å². The van der Waals surface area contributed by atoms with Crippen LogP contribution in [0.2, 0.25) is 0 Å². The van der Waals surface area contributed by atoms with Crippen molar-refractivity contribution in [1.29, 1.82) is 0 Å². The summed E-state index contributed by atoms with van der Waals surface area (Å²) >= 11 is 0. The number of hydrogen-bond donors (Lipinski definition) is 1. The second-order valence-electron chi connectivity index (χ2n) is 7.51. The number of quaternary nitrogens is 1. The molecule has 1 saturated heterocycles. The second-order valence-corrected chi connectivity index (χ2v) is 7.51. The largest absolute Gasteiger partial charge is 0.451 e. The number of fused-ring (bicyclic) bond motifs is 2. The summed E-state index contributed by atoms with van der Waals surface area (Å²) in [5.41, 5.74) is 2.15. The smallest absolute Gasteiger partial charge is 0.290 e. The highest BCUT2D eigenvalue weighted by molar-refractivity contribution is 5.96. The van der Waals surface area contributed by atoms with Crippen LogP contribution in [0, 0.1) is 0 Å². The normalized spacial score (nSPS) is 15.4. The minimum Gasteiger partial charge on any atom is -0.451 e. The van der Waals surface area contributed by atoms with Gasteiger partial charge in [-0.15, -0.1) is 0 Å². The maximum Gasteiger partial charge on any atom is 0.290 e. The third-order valence-electron chi connectivity index (χ3n) is 5.71. The molecule has 1 aliphatic rings. The van der Waals surface area contributed by atoms with Crippen LogP contribution in [0.5, 0.6) is 0 Å². The number of piperazine rings is 1. The van der Waals surface area contributed by atoms with E-state index in [-0.39, 0.29) is 5.91 Å². The van der Waals surface area contributed by atoms with E-state index in [0.29, 0.717) is 5.76 Å². The fourth-order valence-electron chi connectivity index (χ4n) is 4.16. The number of rotatable bonds is 3. The second kappa shape index (κ2) is 7.13. The summed E-state index contributed by atoms with van der Waals surface area (Å²) in [5.74, 6) is 0.444. The minimum atomic E-state index is 0.000380. The first-order chi connectivity index (χ1) is 13.8. The molecule has 4 aromatic rings. The lowest BCUT2D eigenvalue weighted by Gasteiger charge is -2.32. The van der Waals surface area contributed by atoms with E-state index in [0.717, 1.165) is 43.7 Å². The molecule has 1 N–H and O–H groups in total. The zero-order chi connectivity index (χ0) is 18.9. The lowest BCUT2D eigenvalue weighted by Crippen LogP contribution is -3.13. The number of carbonyl (C=O) groups excluding carboxylic acids is 1. The van der Waals surface area contributed by atoms with Gasteiger partial charge in [-0.05, 0) is 22.9 Å². The molecule has 4 heteroatoms. The molecule has 28 heavy (non-hydrogen) atoms. The number of amides is 1. The van der Waals surface area contributed by atoms with Crippen molar-refractivity contribution in [2.45, 2.75) is 6.54 Å². The van der Waals surface area contributed by atoms with Crippen molar-refractivity contribution >= 4 is 27.6 Å². The van der Waals surface area contributed by atoms with E-state index >= 15 is 0 Å². The molecule has 140 valence electrons. The van der Waals surface area contributed by atoms with Crippen LogP contribution in [0.4, 0.5) is 0 Å². The fraction of sp³-hybridized carbons (Fsp3) is 0.208.